The van der Waals surface area contributed by atoms with Gasteiger partial charge in [0.15, 0.2) is 0 Å². The van der Waals surface area contributed by atoms with E-state index in [0.717, 1.165) is 0 Å². The number of phenolic OH excluding ortho intramolecular Hbond substituents is 1. The summed E-state index contributed by atoms with van der Waals surface area (Å²) in [6.07, 6.45) is 0.112. The minimum absolute atomic E-state index is 0.0176. The molecule has 0 radical (unpaired) electrons. The highest BCUT2D eigenvalue weighted by atomic mass is 32.1. The van der Waals surface area contributed by atoms with Gasteiger partial charge in [0.2, 0.25) is 41.4 Å². The summed E-state index contributed by atoms with van der Waals surface area (Å²) in [6.45, 7) is -1.95. The van der Waals surface area contributed by atoms with Gasteiger partial charge < -0.3 is 53.6 Å². The molecule has 12 N–H and O–H groups in total. The van der Waals surface area contributed by atoms with Crippen molar-refractivity contribution in [1.82, 2.24) is 31.9 Å². The number of aliphatic hydroxyl groups is 1. The van der Waals surface area contributed by atoms with Crippen molar-refractivity contribution in [3.63, 3.8) is 0 Å². The lowest BCUT2D eigenvalue weighted by Gasteiger charge is -2.24. The second-order valence-electron chi connectivity index (χ2n) is 10.9. The average Bonchev–Trinajstić information content (AvgIpc) is 3.10. The number of primary amides is 1. The molecule has 50 heavy (non-hydrogen) atoms. The fourth-order valence-corrected chi connectivity index (χ4v) is 4.79. The smallest absolute Gasteiger partial charge is 0.245 e. The summed E-state index contributed by atoms with van der Waals surface area (Å²) in [6, 6.07) is 8.51. The Kier molecular flexibility index (Phi) is 17.6. The summed E-state index contributed by atoms with van der Waals surface area (Å²) >= 11 is 8.21. The minimum Gasteiger partial charge on any atom is -0.508 e. The van der Waals surface area contributed by atoms with Crippen molar-refractivity contribution in [1.29, 1.82) is 0 Å². The molecule has 0 aliphatic heterocycles. The van der Waals surface area contributed by atoms with Gasteiger partial charge in [-0.2, -0.15) is 25.3 Å². The van der Waals surface area contributed by atoms with Gasteiger partial charge in [-0.05, 0) is 29.7 Å². The van der Waals surface area contributed by atoms with Crippen LogP contribution in [0.2, 0.25) is 0 Å². The predicted octanol–water partition coefficient (Wildman–Crippen LogP) is -3.99. The fraction of sp³-hybridized carbons (Fsp3) is 0.387. The van der Waals surface area contributed by atoms with E-state index in [1.807, 2.05) is 0 Å². The van der Waals surface area contributed by atoms with Crippen LogP contribution in [-0.4, -0.2) is 113 Å². The maximum atomic E-state index is 13.4. The Hall–Kier alpha value is -4.85. The van der Waals surface area contributed by atoms with Gasteiger partial charge in [0, 0.05) is 17.9 Å². The Labute approximate surface area is 298 Å². The summed E-state index contributed by atoms with van der Waals surface area (Å²) in [5.41, 5.74) is 12.3. The first kappa shape index (κ1) is 41.3. The number of carbonyl (C=O) groups excluding carboxylic acids is 7. The molecule has 0 unspecified atom stereocenters. The normalized spacial score (nSPS) is 13.7. The van der Waals surface area contributed by atoms with Crippen LogP contribution >= 0.6 is 25.3 Å². The highest BCUT2D eigenvalue weighted by molar-refractivity contribution is 7.80. The third-order valence-electron chi connectivity index (χ3n) is 6.97. The molecule has 0 aromatic heterocycles. The van der Waals surface area contributed by atoms with Gasteiger partial charge in [-0.15, -0.1) is 0 Å². The van der Waals surface area contributed by atoms with Crippen LogP contribution in [0.3, 0.4) is 0 Å². The maximum absolute atomic E-state index is 13.4. The van der Waals surface area contributed by atoms with E-state index < -0.39 is 91.3 Å². The molecule has 0 aliphatic rings. The first-order chi connectivity index (χ1) is 23.8. The third-order valence-corrected chi connectivity index (χ3v) is 7.70. The molecule has 19 heteroatoms. The zero-order valence-corrected chi connectivity index (χ0v) is 28.6. The van der Waals surface area contributed by atoms with Crippen LogP contribution in [0, 0.1) is 0 Å². The Bertz CT molecular complexity index is 1480. The number of hydrogen-bond acceptors (Lipinski definition) is 12. The lowest BCUT2D eigenvalue weighted by molar-refractivity contribution is -0.134. The molecular weight excluding hydrogens is 693 g/mol. The van der Waals surface area contributed by atoms with E-state index in [1.54, 1.807) is 42.5 Å². The molecule has 0 spiro atoms. The van der Waals surface area contributed by atoms with E-state index in [4.69, 9.17) is 11.5 Å². The SMILES string of the molecule is NC(=O)CNC(=O)[C@H](CO)NC(=O)[C@@H](CS)NC(=O)[C@H](Cc1ccccc1)NC(=O)CNC(=O)[C@@H](CS)NC(=O)[C@@H](N)Cc1ccc(O)cc1. The summed E-state index contributed by atoms with van der Waals surface area (Å²) in [7, 11) is 0. The molecule has 7 amide bonds. The Morgan fingerprint density at radius 2 is 1.12 bits per heavy atom. The predicted molar refractivity (Wildman–Crippen MR) is 188 cm³/mol. The number of amides is 7. The largest absolute Gasteiger partial charge is 0.508 e. The molecule has 0 bridgehead atoms. The summed E-state index contributed by atoms with van der Waals surface area (Å²) < 4.78 is 0. The Morgan fingerprint density at radius 3 is 1.70 bits per heavy atom. The van der Waals surface area contributed by atoms with E-state index in [9.17, 15) is 43.8 Å². The summed E-state index contributed by atoms with van der Waals surface area (Å²) in [4.78, 5) is 87.8. The van der Waals surface area contributed by atoms with Crippen molar-refractivity contribution in [2.75, 3.05) is 31.2 Å². The lowest BCUT2D eigenvalue weighted by Crippen LogP contribution is -2.59. The van der Waals surface area contributed by atoms with Crippen LogP contribution < -0.4 is 43.4 Å². The van der Waals surface area contributed by atoms with E-state index >= 15 is 0 Å². The highest BCUT2D eigenvalue weighted by Gasteiger charge is 2.30. The van der Waals surface area contributed by atoms with Crippen molar-refractivity contribution < 1.29 is 43.8 Å². The number of phenols is 1. The van der Waals surface area contributed by atoms with Gasteiger partial charge in [-0.1, -0.05) is 42.5 Å². The van der Waals surface area contributed by atoms with Gasteiger partial charge in [0.1, 0.15) is 29.9 Å². The van der Waals surface area contributed by atoms with Gasteiger partial charge in [-0.3, -0.25) is 33.6 Å². The van der Waals surface area contributed by atoms with Crippen molar-refractivity contribution in [2.45, 2.75) is 43.1 Å². The Balaban J connectivity index is 2.03. The van der Waals surface area contributed by atoms with Gasteiger partial charge in [0.25, 0.3) is 0 Å². The molecule has 5 atom stereocenters. The number of benzene rings is 2. The third kappa shape index (κ3) is 14.3. The fourth-order valence-electron chi connectivity index (χ4n) is 4.28. The van der Waals surface area contributed by atoms with E-state index in [0.29, 0.717) is 11.1 Å². The van der Waals surface area contributed by atoms with Crippen molar-refractivity contribution in [2.24, 2.45) is 11.5 Å². The quantitative estimate of drug-likeness (QED) is 0.0586. The number of rotatable bonds is 20. The van der Waals surface area contributed by atoms with Crippen LogP contribution in [0.1, 0.15) is 11.1 Å². The molecule has 0 saturated heterocycles. The summed E-state index contributed by atoms with van der Waals surface area (Å²) in [5.74, 6) is -5.89. The number of aromatic hydroxyl groups is 1. The molecule has 2 rings (SSSR count). The molecule has 2 aromatic rings. The molecule has 0 saturated carbocycles. The number of hydrogen-bond donors (Lipinski definition) is 12. The van der Waals surface area contributed by atoms with E-state index in [-0.39, 0.29) is 30.1 Å². The van der Waals surface area contributed by atoms with Crippen LogP contribution in [0.4, 0.5) is 0 Å². The second kappa shape index (κ2) is 21.3. The van der Waals surface area contributed by atoms with Gasteiger partial charge in [0.05, 0.1) is 25.7 Å². The van der Waals surface area contributed by atoms with Crippen molar-refractivity contribution in [3.05, 3.63) is 65.7 Å². The molecule has 0 fully saturated rings. The average molecular weight is 735 g/mol. The van der Waals surface area contributed by atoms with Crippen LogP contribution in [0.25, 0.3) is 0 Å². The minimum atomic E-state index is -1.47. The topological polar surface area (TPSA) is 284 Å². The van der Waals surface area contributed by atoms with Crippen LogP contribution in [-0.2, 0) is 46.4 Å². The first-order valence-corrected chi connectivity index (χ1v) is 16.5. The molecular formula is C31H42N8O9S2. The number of thiol groups is 2. The number of nitrogens with two attached hydrogens (primary N) is 2. The molecule has 272 valence electrons. The van der Waals surface area contributed by atoms with Gasteiger partial charge >= 0.3 is 0 Å². The molecule has 0 heterocycles. The number of aliphatic hydroxyl groups excluding tert-OH is 1. The van der Waals surface area contributed by atoms with Crippen LogP contribution in [0.15, 0.2) is 54.6 Å². The Morgan fingerprint density at radius 1 is 0.620 bits per heavy atom. The standard InChI is InChI=1S/C31H42N8O9S2/c32-20(10-18-6-8-19(41)9-7-18)27(44)38-23(15-49)29(46)35-13-26(43)36-21(11-17-4-2-1-3-5-17)30(47)39-24(16-50)31(48)37-22(14-40)28(45)34-12-25(33)42/h1-9,20-24,40-41,49-50H,10-16,32H2,(H2,33,42)(H,34,45)(H,35,46)(H,36,43)(H,37,48)(H,38,44)(H,39,47)/t20-,21-,22-,23+,24+/m0/s1. The molecule has 17 nitrogen and oxygen atoms in total. The lowest BCUT2D eigenvalue weighted by atomic mass is 10.0. The number of nitrogens with one attached hydrogen (secondary N) is 6. The van der Waals surface area contributed by atoms with Gasteiger partial charge in [-0.25, -0.2) is 0 Å². The van der Waals surface area contributed by atoms with Crippen molar-refractivity contribution in [3.8, 4) is 5.75 Å². The van der Waals surface area contributed by atoms with Crippen LogP contribution in [0.5, 0.6) is 5.75 Å². The van der Waals surface area contributed by atoms with Crippen molar-refractivity contribution >= 4 is 66.6 Å². The van der Waals surface area contributed by atoms with E-state index in [2.05, 4.69) is 57.2 Å². The maximum Gasteiger partial charge on any atom is 0.245 e. The second-order valence-corrected chi connectivity index (χ2v) is 11.7. The summed E-state index contributed by atoms with van der Waals surface area (Å²) in [5, 5.41) is 33.2. The van der Waals surface area contributed by atoms with E-state index in [1.165, 1.54) is 12.1 Å². The molecule has 2 aromatic carbocycles. The highest BCUT2D eigenvalue weighted by Crippen LogP contribution is 2.11. The first-order valence-electron chi connectivity index (χ1n) is 15.2. The monoisotopic (exact) mass is 734 g/mol. The zero-order valence-electron chi connectivity index (χ0n) is 26.8. The zero-order chi connectivity index (χ0) is 37.2. The number of carbonyl (C=O) groups is 7. The molecule has 0 aliphatic carbocycles.